The summed E-state index contributed by atoms with van der Waals surface area (Å²) in [5, 5.41) is 10.6. The highest BCUT2D eigenvalue weighted by atomic mass is 32.2. The van der Waals surface area contributed by atoms with Gasteiger partial charge >= 0.3 is 5.97 Å². The van der Waals surface area contributed by atoms with Gasteiger partial charge in [-0.3, -0.25) is 4.79 Å². The molecule has 0 aromatic heterocycles. The lowest BCUT2D eigenvalue weighted by Gasteiger charge is -2.23. The van der Waals surface area contributed by atoms with Crippen LogP contribution in [0.5, 0.6) is 5.75 Å². The third-order valence-electron chi connectivity index (χ3n) is 3.93. The summed E-state index contributed by atoms with van der Waals surface area (Å²) in [5.41, 5.74) is 1.25. The van der Waals surface area contributed by atoms with Crippen LogP contribution in [0.25, 0.3) is 0 Å². The van der Waals surface area contributed by atoms with E-state index in [9.17, 15) is 18.3 Å². The molecule has 0 saturated carbocycles. The molecule has 0 bridgehead atoms. The maximum absolute atomic E-state index is 12.6. The number of sulfonamides is 1. The Balaban J connectivity index is 2.32. The fourth-order valence-corrected chi connectivity index (χ4v) is 3.61. The van der Waals surface area contributed by atoms with Crippen molar-refractivity contribution >= 4 is 16.0 Å². The van der Waals surface area contributed by atoms with Gasteiger partial charge in [-0.05, 0) is 43.7 Å². The van der Waals surface area contributed by atoms with Crippen LogP contribution in [0.4, 0.5) is 0 Å². The van der Waals surface area contributed by atoms with E-state index in [4.69, 9.17) is 9.47 Å². The van der Waals surface area contributed by atoms with Crippen molar-refractivity contribution in [2.45, 2.75) is 30.9 Å². The van der Waals surface area contributed by atoms with Crippen molar-refractivity contribution in [3.05, 3.63) is 59.7 Å². The first kappa shape index (κ1) is 20.9. The summed E-state index contributed by atoms with van der Waals surface area (Å²) < 4.78 is 37.6. The molecule has 0 aliphatic rings. The molecule has 146 valence electrons. The van der Waals surface area contributed by atoms with Gasteiger partial charge in [0.05, 0.1) is 18.6 Å². The molecule has 0 amide bonds. The van der Waals surface area contributed by atoms with Crippen molar-refractivity contribution in [3.63, 3.8) is 0 Å². The molecule has 0 radical (unpaired) electrons. The zero-order valence-electron chi connectivity index (χ0n) is 15.4. The Labute approximate surface area is 159 Å². The van der Waals surface area contributed by atoms with Crippen LogP contribution in [0.15, 0.2) is 53.4 Å². The first-order valence-electron chi connectivity index (χ1n) is 8.36. The molecule has 2 unspecified atom stereocenters. The van der Waals surface area contributed by atoms with Crippen LogP contribution in [-0.4, -0.2) is 39.3 Å². The van der Waals surface area contributed by atoms with Crippen LogP contribution in [0.1, 0.15) is 24.2 Å². The second kappa shape index (κ2) is 8.98. The molecular weight excluding hydrogens is 370 g/mol. The third-order valence-corrected chi connectivity index (χ3v) is 5.38. The van der Waals surface area contributed by atoms with Crippen LogP contribution < -0.4 is 9.46 Å². The summed E-state index contributed by atoms with van der Waals surface area (Å²) in [7, 11) is -2.54. The van der Waals surface area contributed by atoms with Gasteiger partial charge in [0.2, 0.25) is 10.0 Å². The number of esters is 1. The van der Waals surface area contributed by atoms with Crippen LogP contribution in [0.2, 0.25) is 0 Å². The van der Waals surface area contributed by atoms with E-state index in [0.717, 1.165) is 5.56 Å². The van der Waals surface area contributed by atoms with Crippen molar-refractivity contribution in [1.82, 2.24) is 4.72 Å². The Morgan fingerprint density at radius 2 is 1.70 bits per heavy atom. The van der Waals surface area contributed by atoms with Gasteiger partial charge in [-0.25, -0.2) is 8.42 Å². The van der Waals surface area contributed by atoms with Crippen molar-refractivity contribution in [2.75, 3.05) is 13.7 Å². The maximum atomic E-state index is 12.6. The highest BCUT2D eigenvalue weighted by Gasteiger charge is 2.34. The zero-order chi connectivity index (χ0) is 20.0. The van der Waals surface area contributed by atoms with Gasteiger partial charge in [0, 0.05) is 0 Å². The number of benzene rings is 2. The summed E-state index contributed by atoms with van der Waals surface area (Å²) in [6.45, 7) is 3.48. The van der Waals surface area contributed by atoms with Gasteiger partial charge in [-0.2, -0.15) is 4.72 Å². The van der Waals surface area contributed by atoms with E-state index in [2.05, 4.69) is 4.72 Å². The van der Waals surface area contributed by atoms with E-state index in [-0.39, 0.29) is 11.5 Å². The quantitative estimate of drug-likeness (QED) is 0.665. The topological polar surface area (TPSA) is 102 Å². The molecule has 0 heterocycles. The number of rotatable bonds is 8. The Morgan fingerprint density at radius 1 is 1.11 bits per heavy atom. The number of carbonyl (C=O) groups is 1. The summed E-state index contributed by atoms with van der Waals surface area (Å²) in [5.74, 6) is -0.296. The summed E-state index contributed by atoms with van der Waals surface area (Å²) in [6, 6.07) is 11.0. The zero-order valence-corrected chi connectivity index (χ0v) is 16.2. The van der Waals surface area contributed by atoms with E-state index < -0.39 is 28.1 Å². The third kappa shape index (κ3) is 5.29. The van der Waals surface area contributed by atoms with E-state index in [1.54, 1.807) is 43.3 Å². The van der Waals surface area contributed by atoms with Gasteiger partial charge in [0.25, 0.3) is 0 Å². The maximum Gasteiger partial charge on any atom is 0.327 e. The second-order valence-electron chi connectivity index (χ2n) is 5.88. The molecule has 2 N–H and O–H groups in total. The number of aryl methyl sites for hydroxylation is 1. The minimum absolute atomic E-state index is 0.00988. The van der Waals surface area contributed by atoms with Gasteiger partial charge in [0.15, 0.2) is 0 Å². The predicted octanol–water partition coefficient (Wildman–Crippen LogP) is 1.95. The fourth-order valence-electron chi connectivity index (χ4n) is 2.42. The Hall–Kier alpha value is -2.42. The minimum Gasteiger partial charge on any atom is -0.497 e. The Kier molecular flexibility index (Phi) is 6.95. The highest BCUT2D eigenvalue weighted by Crippen LogP contribution is 2.23. The number of aliphatic hydroxyl groups is 1. The number of carbonyl (C=O) groups excluding carboxylic acids is 1. The van der Waals surface area contributed by atoms with E-state index in [0.29, 0.717) is 11.3 Å². The molecule has 0 saturated heterocycles. The van der Waals surface area contributed by atoms with Gasteiger partial charge in [-0.1, -0.05) is 29.8 Å². The van der Waals surface area contributed by atoms with Crippen LogP contribution in [0, 0.1) is 6.92 Å². The normalized spacial score (nSPS) is 13.6. The van der Waals surface area contributed by atoms with Gasteiger partial charge < -0.3 is 14.6 Å². The average molecular weight is 393 g/mol. The molecule has 7 nitrogen and oxygen atoms in total. The molecule has 27 heavy (non-hydrogen) atoms. The summed E-state index contributed by atoms with van der Waals surface area (Å²) in [4.78, 5) is 12.3. The number of hydrogen-bond acceptors (Lipinski definition) is 6. The Morgan fingerprint density at radius 3 is 2.22 bits per heavy atom. The van der Waals surface area contributed by atoms with E-state index in [1.807, 2.05) is 6.92 Å². The van der Waals surface area contributed by atoms with Gasteiger partial charge in [0.1, 0.15) is 17.9 Å². The molecule has 8 heteroatoms. The lowest BCUT2D eigenvalue weighted by molar-refractivity contribution is -0.148. The van der Waals surface area contributed by atoms with Crippen molar-refractivity contribution in [3.8, 4) is 5.75 Å². The smallest absolute Gasteiger partial charge is 0.327 e. The van der Waals surface area contributed by atoms with Crippen molar-refractivity contribution < 1.29 is 27.8 Å². The molecule has 2 atom stereocenters. The molecule has 0 aliphatic carbocycles. The first-order chi connectivity index (χ1) is 12.8. The average Bonchev–Trinajstić information content (AvgIpc) is 2.66. The monoisotopic (exact) mass is 393 g/mol. The molecular formula is C19H23NO6S. The van der Waals surface area contributed by atoms with E-state index in [1.165, 1.54) is 19.2 Å². The second-order valence-corrected chi connectivity index (χ2v) is 7.60. The lowest BCUT2D eigenvalue weighted by atomic mass is 10.0. The standard InChI is InChI=1S/C19H23NO6S/c1-4-26-19(22)17(18(21)14-7-9-15(25-3)10-8-14)20-27(23,24)16-11-5-13(2)6-12-16/h5-12,17-18,20-21H,4H2,1-3H3. The molecule has 0 spiro atoms. The van der Waals surface area contributed by atoms with Crippen LogP contribution in [0.3, 0.4) is 0 Å². The Bertz CT molecular complexity index is 862. The van der Waals surface area contributed by atoms with Gasteiger partial charge in [-0.15, -0.1) is 0 Å². The number of aliphatic hydroxyl groups excluding tert-OH is 1. The lowest BCUT2D eigenvalue weighted by Crippen LogP contribution is -2.45. The number of hydrogen-bond donors (Lipinski definition) is 2. The molecule has 2 aromatic rings. The number of ether oxygens (including phenoxy) is 2. The van der Waals surface area contributed by atoms with Crippen molar-refractivity contribution in [1.29, 1.82) is 0 Å². The SMILES string of the molecule is CCOC(=O)C(NS(=O)(=O)c1ccc(C)cc1)C(O)c1ccc(OC)cc1. The summed E-state index contributed by atoms with van der Waals surface area (Å²) >= 11 is 0. The van der Waals surface area contributed by atoms with Crippen LogP contribution >= 0.6 is 0 Å². The fraction of sp³-hybridized carbons (Fsp3) is 0.316. The molecule has 0 fully saturated rings. The minimum atomic E-state index is -4.04. The molecule has 0 aliphatic heterocycles. The van der Waals surface area contributed by atoms with Crippen molar-refractivity contribution in [2.24, 2.45) is 0 Å². The largest absolute Gasteiger partial charge is 0.497 e. The molecule has 2 aromatic carbocycles. The van der Waals surface area contributed by atoms with E-state index >= 15 is 0 Å². The predicted molar refractivity (Wildman–Crippen MR) is 99.9 cm³/mol. The number of nitrogens with one attached hydrogen (secondary N) is 1. The highest BCUT2D eigenvalue weighted by molar-refractivity contribution is 7.89. The first-order valence-corrected chi connectivity index (χ1v) is 9.84. The summed E-state index contributed by atoms with van der Waals surface area (Å²) in [6.07, 6.45) is -1.44. The van der Waals surface area contributed by atoms with Crippen LogP contribution in [-0.2, 0) is 19.6 Å². The molecule has 2 rings (SSSR count). The number of methoxy groups -OCH3 is 1.